The molecule has 0 aliphatic rings. The molecule has 0 saturated heterocycles. The zero-order valence-electron chi connectivity index (χ0n) is 14.2. The van der Waals surface area contributed by atoms with Crippen molar-refractivity contribution in [2.75, 3.05) is 7.11 Å². The predicted octanol–water partition coefficient (Wildman–Crippen LogP) is 4.87. The second-order valence-electron chi connectivity index (χ2n) is 5.59. The minimum Gasteiger partial charge on any atom is -0.496 e. The maximum Gasteiger partial charge on any atom is 0.416 e. The molecule has 0 bridgehead atoms. The fraction of sp³-hybridized carbons (Fsp3) is 0.158. The van der Waals surface area contributed by atoms with E-state index in [0.29, 0.717) is 22.8 Å². The number of methoxy groups -OCH3 is 1. The van der Waals surface area contributed by atoms with Crippen LogP contribution in [0, 0.1) is 0 Å². The highest BCUT2D eigenvalue weighted by atomic mass is 19.4. The van der Waals surface area contributed by atoms with E-state index in [0.717, 1.165) is 17.7 Å². The number of halogens is 3. The Labute approximate surface area is 148 Å². The Morgan fingerprint density at radius 2 is 1.77 bits per heavy atom. The molecule has 3 aromatic rings. The van der Waals surface area contributed by atoms with Crippen molar-refractivity contribution < 1.29 is 17.9 Å². The highest BCUT2D eigenvalue weighted by Crippen LogP contribution is 2.31. The summed E-state index contributed by atoms with van der Waals surface area (Å²) in [7, 11) is 3.31. The van der Waals surface area contributed by atoms with Crippen molar-refractivity contribution in [3.63, 3.8) is 0 Å². The van der Waals surface area contributed by atoms with Crippen molar-refractivity contribution in [2.24, 2.45) is 12.0 Å². The first-order valence-electron chi connectivity index (χ1n) is 7.77. The number of hydrogen-bond acceptors (Lipinski definition) is 3. The van der Waals surface area contributed by atoms with Gasteiger partial charge in [-0.25, -0.2) is 4.99 Å². The van der Waals surface area contributed by atoms with Crippen molar-refractivity contribution in [2.45, 2.75) is 6.18 Å². The summed E-state index contributed by atoms with van der Waals surface area (Å²) in [5.74, 6) is 1.27. The Balaban J connectivity index is 1.86. The van der Waals surface area contributed by atoms with Crippen LogP contribution in [0.5, 0.6) is 5.75 Å². The monoisotopic (exact) mass is 359 g/mol. The van der Waals surface area contributed by atoms with Crippen LogP contribution in [0.2, 0.25) is 0 Å². The van der Waals surface area contributed by atoms with Crippen LogP contribution in [0.25, 0.3) is 11.3 Å². The standard InChI is InChI=1S/C19H16F3N3O/c1-25-18(23-12-14-5-3-4-6-17(14)26-2)11-16(24-25)13-7-9-15(10-8-13)19(20,21)22/h3-12H,1-2H3. The first-order chi connectivity index (χ1) is 12.4. The molecule has 0 fully saturated rings. The lowest BCUT2D eigenvalue weighted by atomic mass is 10.1. The Morgan fingerprint density at radius 1 is 1.08 bits per heavy atom. The first-order valence-corrected chi connectivity index (χ1v) is 7.77. The van der Waals surface area contributed by atoms with Crippen molar-refractivity contribution >= 4 is 12.0 Å². The van der Waals surface area contributed by atoms with Gasteiger partial charge >= 0.3 is 6.18 Å². The fourth-order valence-corrected chi connectivity index (χ4v) is 2.46. The number of aryl methyl sites for hydroxylation is 1. The van der Waals surface area contributed by atoms with Gasteiger partial charge in [-0.2, -0.15) is 18.3 Å². The average Bonchev–Trinajstić information content (AvgIpc) is 3.00. The maximum absolute atomic E-state index is 12.7. The van der Waals surface area contributed by atoms with Gasteiger partial charge in [-0.3, -0.25) is 4.68 Å². The minimum absolute atomic E-state index is 0.549. The van der Waals surface area contributed by atoms with Crippen LogP contribution in [0.15, 0.2) is 59.6 Å². The lowest BCUT2D eigenvalue weighted by Crippen LogP contribution is -2.04. The smallest absolute Gasteiger partial charge is 0.416 e. The van der Waals surface area contributed by atoms with E-state index in [1.165, 1.54) is 12.1 Å². The fourth-order valence-electron chi connectivity index (χ4n) is 2.46. The highest BCUT2D eigenvalue weighted by Gasteiger charge is 2.30. The van der Waals surface area contributed by atoms with Gasteiger partial charge in [-0.1, -0.05) is 24.3 Å². The topological polar surface area (TPSA) is 39.4 Å². The normalized spacial score (nSPS) is 11.9. The van der Waals surface area contributed by atoms with Gasteiger partial charge in [0.2, 0.25) is 0 Å². The quantitative estimate of drug-likeness (QED) is 0.624. The van der Waals surface area contributed by atoms with Crippen molar-refractivity contribution in [3.8, 4) is 17.0 Å². The molecule has 26 heavy (non-hydrogen) atoms. The van der Waals surface area contributed by atoms with E-state index in [-0.39, 0.29) is 0 Å². The first kappa shape index (κ1) is 17.7. The molecule has 0 amide bonds. The molecule has 0 aliphatic carbocycles. The van der Waals surface area contributed by atoms with E-state index in [4.69, 9.17) is 4.74 Å². The van der Waals surface area contributed by atoms with Gasteiger partial charge in [0.25, 0.3) is 0 Å². The second kappa shape index (κ2) is 7.03. The zero-order chi connectivity index (χ0) is 18.7. The summed E-state index contributed by atoms with van der Waals surface area (Å²) in [5, 5.41) is 4.32. The van der Waals surface area contributed by atoms with Gasteiger partial charge in [0.15, 0.2) is 5.82 Å². The number of benzene rings is 2. The molecule has 4 nitrogen and oxygen atoms in total. The summed E-state index contributed by atoms with van der Waals surface area (Å²) in [5.41, 5.74) is 1.26. The van der Waals surface area contributed by atoms with Gasteiger partial charge in [0.05, 0.1) is 18.4 Å². The SMILES string of the molecule is COc1ccccc1C=Nc1cc(-c2ccc(C(F)(F)F)cc2)nn1C. The van der Waals surface area contributed by atoms with Gasteiger partial charge in [0, 0.05) is 30.5 Å². The van der Waals surface area contributed by atoms with E-state index in [1.54, 1.807) is 31.1 Å². The number of ether oxygens (including phenoxy) is 1. The molecular weight excluding hydrogens is 343 g/mol. The minimum atomic E-state index is -4.35. The highest BCUT2D eigenvalue weighted by molar-refractivity contribution is 5.85. The average molecular weight is 359 g/mol. The molecule has 3 rings (SSSR count). The number of alkyl halides is 3. The summed E-state index contributed by atoms with van der Waals surface area (Å²) in [4.78, 5) is 4.40. The van der Waals surface area contributed by atoms with Crippen LogP contribution in [0.3, 0.4) is 0 Å². The van der Waals surface area contributed by atoms with E-state index in [1.807, 2.05) is 24.3 Å². The molecule has 1 aromatic heterocycles. The Morgan fingerprint density at radius 3 is 2.42 bits per heavy atom. The van der Waals surface area contributed by atoms with Crippen LogP contribution in [0.1, 0.15) is 11.1 Å². The molecule has 1 heterocycles. The lowest BCUT2D eigenvalue weighted by molar-refractivity contribution is -0.137. The number of aliphatic imine (C=N–C) groups is 1. The van der Waals surface area contributed by atoms with Gasteiger partial charge in [-0.05, 0) is 24.3 Å². The molecule has 2 aromatic carbocycles. The van der Waals surface area contributed by atoms with Crippen molar-refractivity contribution in [3.05, 3.63) is 65.7 Å². The summed E-state index contributed by atoms with van der Waals surface area (Å²) in [6, 6.07) is 14.0. The number of hydrogen-bond donors (Lipinski definition) is 0. The van der Waals surface area contributed by atoms with Crippen molar-refractivity contribution in [1.29, 1.82) is 0 Å². The molecule has 134 valence electrons. The van der Waals surface area contributed by atoms with E-state index < -0.39 is 11.7 Å². The third-order valence-corrected chi connectivity index (χ3v) is 3.84. The van der Waals surface area contributed by atoms with Gasteiger partial charge < -0.3 is 4.74 Å². The number of nitrogens with zero attached hydrogens (tertiary/aromatic N) is 3. The van der Waals surface area contributed by atoms with E-state index in [9.17, 15) is 13.2 Å². The predicted molar refractivity (Wildman–Crippen MR) is 93.9 cm³/mol. The molecule has 0 spiro atoms. The molecule has 0 N–H and O–H groups in total. The summed E-state index contributed by atoms with van der Waals surface area (Å²) in [6.45, 7) is 0. The van der Waals surface area contributed by atoms with Crippen LogP contribution in [0.4, 0.5) is 19.0 Å². The summed E-state index contributed by atoms with van der Waals surface area (Å²) < 4.78 is 44.8. The molecule has 7 heteroatoms. The number of para-hydroxylation sites is 1. The van der Waals surface area contributed by atoms with Crippen LogP contribution < -0.4 is 4.74 Å². The summed E-state index contributed by atoms with van der Waals surface area (Å²) in [6.07, 6.45) is -2.70. The molecule has 0 unspecified atom stereocenters. The number of aromatic nitrogens is 2. The van der Waals surface area contributed by atoms with Gasteiger partial charge in [0.1, 0.15) is 5.75 Å². The largest absolute Gasteiger partial charge is 0.496 e. The Hall–Kier alpha value is -3.09. The second-order valence-corrected chi connectivity index (χ2v) is 5.59. The molecule has 0 saturated carbocycles. The zero-order valence-corrected chi connectivity index (χ0v) is 14.2. The molecule has 0 radical (unpaired) electrons. The summed E-state index contributed by atoms with van der Waals surface area (Å²) >= 11 is 0. The van der Waals surface area contributed by atoms with E-state index in [2.05, 4.69) is 10.1 Å². The molecular formula is C19H16F3N3O. The Bertz CT molecular complexity index is 928. The Kier molecular flexibility index (Phi) is 4.79. The van der Waals surface area contributed by atoms with Crippen LogP contribution >= 0.6 is 0 Å². The van der Waals surface area contributed by atoms with Crippen LogP contribution in [-0.4, -0.2) is 23.1 Å². The third kappa shape index (κ3) is 3.77. The maximum atomic E-state index is 12.7. The van der Waals surface area contributed by atoms with Gasteiger partial charge in [-0.15, -0.1) is 0 Å². The lowest BCUT2D eigenvalue weighted by Gasteiger charge is -2.06. The molecule has 0 aliphatic heterocycles. The number of rotatable bonds is 4. The third-order valence-electron chi connectivity index (χ3n) is 3.84. The van der Waals surface area contributed by atoms with Crippen molar-refractivity contribution in [1.82, 2.24) is 9.78 Å². The van der Waals surface area contributed by atoms with E-state index >= 15 is 0 Å². The van der Waals surface area contributed by atoms with Crippen LogP contribution in [-0.2, 0) is 13.2 Å². The molecule has 0 atom stereocenters.